The fourth-order valence-corrected chi connectivity index (χ4v) is 3.26. The SMILES string of the molecule is CCC(Oc1cccc(C)c1)C(=O)NCc1ccc(CN2CCOCC2)cc1. The largest absolute Gasteiger partial charge is 0.481 e. The van der Waals surface area contributed by atoms with Crippen LogP contribution in [0.5, 0.6) is 5.75 Å². The molecule has 3 rings (SSSR count). The van der Waals surface area contributed by atoms with E-state index in [1.807, 2.05) is 38.1 Å². The van der Waals surface area contributed by atoms with E-state index in [-0.39, 0.29) is 5.91 Å². The van der Waals surface area contributed by atoms with Crippen molar-refractivity contribution in [2.24, 2.45) is 0 Å². The van der Waals surface area contributed by atoms with Crippen LogP contribution in [0.15, 0.2) is 48.5 Å². The lowest BCUT2D eigenvalue weighted by molar-refractivity contribution is -0.128. The quantitative estimate of drug-likeness (QED) is 0.761. The summed E-state index contributed by atoms with van der Waals surface area (Å²) >= 11 is 0. The molecule has 5 heteroatoms. The van der Waals surface area contributed by atoms with E-state index in [2.05, 4.69) is 34.5 Å². The van der Waals surface area contributed by atoms with Crippen LogP contribution in [-0.4, -0.2) is 43.2 Å². The predicted molar refractivity (Wildman–Crippen MR) is 110 cm³/mol. The van der Waals surface area contributed by atoms with Gasteiger partial charge in [-0.2, -0.15) is 0 Å². The summed E-state index contributed by atoms with van der Waals surface area (Å²) in [7, 11) is 0. The zero-order valence-corrected chi connectivity index (χ0v) is 16.8. The minimum Gasteiger partial charge on any atom is -0.481 e. The van der Waals surface area contributed by atoms with Gasteiger partial charge in [-0.15, -0.1) is 0 Å². The number of benzene rings is 2. The van der Waals surface area contributed by atoms with Gasteiger partial charge in [0, 0.05) is 26.2 Å². The summed E-state index contributed by atoms with van der Waals surface area (Å²) in [5, 5.41) is 2.99. The van der Waals surface area contributed by atoms with Crippen LogP contribution in [0.2, 0.25) is 0 Å². The van der Waals surface area contributed by atoms with Crippen LogP contribution in [0.3, 0.4) is 0 Å². The smallest absolute Gasteiger partial charge is 0.261 e. The number of nitrogens with one attached hydrogen (secondary N) is 1. The van der Waals surface area contributed by atoms with Gasteiger partial charge >= 0.3 is 0 Å². The summed E-state index contributed by atoms with van der Waals surface area (Å²) in [4.78, 5) is 14.9. The molecule has 1 saturated heterocycles. The first kappa shape index (κ1) is 20.4. The molecule has 0 spiro atoms. The van der Waals surface area contributed by atoms with Gasteiger partial charge in [0.15, 0.2) is 6.10 Å². The third-order valence-corrected chi connectivity index (χ3v) is 4.93. The van der Waals surface area contributed by atoms with Crippen LogP contribution >= 0.6 is 0 Å². The predicted octanol–water partition coefficient (Wildman–Crippen LogP) is 3.30. The lowest BCUT2D eigenvalue weighted by atomic mass is 10.1. The van der Waals surface area contributed by atoms with Crippen molar-refractivity contribution in [2.45, 2.75) is 39.5 Å². The van der Waals surface area contributed by atoms with E-state index in [0.717, 1.165) is 49.7 Å². The van der Waals surface area contributed by atoms with E-state index in [0.29, 0.717) is 13.0 Å². The number of aryl methyl sites for hydroxylation is 1. The van der Waals surface area contributed by atoms with Gasteiger partial charge in [-0.05, 0) is 42.2 Å². The van der Waals surface area contributed by atoms with E-state index in [1.165, 1.54) is 5.56 Å². The Hall–Kier alpha value is -2.37. The van der Waals surface area contributed by atoms with Crippen LogP contribution < -0.4 is 10.1 Å². The highest BCUT2D eigenvalue weighted by molar-refractivity contribution is 5.81. The standard InChI is InChI=1S/C23H30N2O3/c1-3-22(28-21-6-4-5-18(2)15-21)23(26)24-16-19-7-9-20(10-8-19)17-25-11-13-27-14-12-25/h4-10,15,22H,3,11-14,16-17H2,1-2H3,(H,24,26). The molecule has 1 fully saturated rings. The molecular formula is C23H30N2O3. The average molecular weight is 383 g/mol. The molecule has 1 aliphatic rings. The van der Waals surface area contributed by atoms with Crippen molar-refractivity contribution in [3.8, 4) is 5.75 Å². The molecule has 1 heterocycles. The third-order valence-electron chi connectivity index (χ3n) is 4.93. The fourth-order valence-electron chi connectivity index (χ4n) is 3.26. The molecule has 1 atom stereocenters. The Morgan fingerprint density at radius 1 is 1.14 bits per heavy atom. The van der Waals surface area contributed by atoms with E-state index in [4.69, 9.17) is 9.47 Å². The molecule has 0 aliphatic carbocycles. The van der Waals surface area contributed by atoms with Crippen molar-refractivity contribution in [3.63, 3.8) is 0 Å². The van der Waals surface area contributed by atoms with E-state index < -0.39 is 6.10 Å². The molecule has 1 aliphatic heterocycles. The zero-order valence-electron chi connectivity index (χ0n) is 16.8. The summed E-state index contributed by atoms with van der Waals surface area (Å²) in [5.74, 6) is 0.649. The molecule has 1 amide bonds. The number of amides is 1. The van der Waals surface area contributed by atoms with E-state index >= 15 is 0 Å². The number of carbonyl (C=O) groups excluding carboxylic acids is 1. The van der Waals surface area contributed by atoms with Gasteiger partial charge in [-0.1, -0.05) is 43.3 Å². The molecule has 0 saturated carbocycles. The number of hydrogen-bond acceptors (Lipinski definition) is 4. The topological polar surface area (TPSA) is 50.8 Å². The first-order valence-electron chi connectivity index (χ1n) is 10.0. The molecule has 5 nitrogen and oxygen atoms in total. The van der Waals surface area contributed by atoms with Crippen LogP contribution in [0.1, 0.15) is 30.0 Å². The summed E-state index contributed by atoms with van der Waals surface area (Å²) in [6.07, 6.45) is 0.139. The summed E-state index contributed by atoms with van der Waals surface area (Å²) < 4.78 is 11.3. The molecule has 2 aromatic carbocycles. The van der Waals surface area contributed by atoms with E-state index in [1.54, 1.807) is 0 Å². The lowest BCUT2D eigenvalue weighted by Gasteiger charge is -2.26. The molecule has 0 radical (unpaired) electrons. The Morgan fingerprint density at radius 3 is 2.54 bits per heavy atom. The van der Waals surface area contributed by atoms with Crippen LogP contribution in [-0.2, 0) is 22.6 Å². The summed E-state index contributed by atoms with van der Waals surface area (Å²) in [6.45, 7) is 9.01. The van der Waals surface area contributed by atoms with Crippen molar-refractivity contribution in [1.82, 2.24) is 10.2 Å². The van der Waals surface area contributed by atoms with Crippen molar-refractivity contribution >= 4 is 5.91 Å². The highest BCUT2D eigenvalue weighted by Gasteiger charge is 2.18. The number of morpholine rings is 1. The lowest BCUT2D eigenvalue weighted by Crippen LogP contribution is -2.37. The molecule has 150 valence electrons. The molecule has 1 N–H and O–H groups in total. The van der Waals surface area contributed by atoms with Gasteiger partial charge in [0.05, 0.1) is 13.2 Å². The maximum atomic E-state index is 12.5. The van der Waals surface area contributed by atoms with Crippen LogP contribution in [0.25, 0.3) is 0 Å². The van der Waals surface area contributed by atoms with Crippen molar-refractivity contribution in [3.05, 3.63) is 65.2 Å². The van der Waals surface area contributed by atoms with Crippen molar-refractivity contribution in [1.29, 1.82) is 0 Å². The van der Waals surface area contributed by atoms with Gasteiger partial charge < -0.3 is 14.8 Å². The van der Waals surface area contributed by atoms with E-state index in [9.17, 15) is 4.79 Å². The number of rotatable bonds is 8. The Labute approximate surface area is 167 Å². The average Bonchev–Trinajstić information content (AvgIpc) is 2.72. The Bertz CT molecular complexity index is 755. The Balaban J connectivity index is 1.48. The molecule has 28 heavy (non-hydrogen) atoms. The number of hydrogen-bond donors (Lipinski definition) is 1. The second kappa shape index (κ2) is 10.2. The summed E-state index contributed by atoms with van der Waals surface area (Å²) in [5.41, 5.74) is 3.49. The molecular weight excluding hydrogens is 352 g/mol. The Kier molecular flexibility index (Phi) is 7.46. The van der Waals surface area contributed by atoms with Gasteiger partial charge in [-0.3, -0.25) is 9.69 Å². The molecule has 0 aromatic heterocycles. The first-order chi connectivity index (χ1) is 13.6. The molecule has 0 bridgehead atoms. The molecule has 1 unspecified atom stereocenters. The summed E-state index contributed by atoms with van der Waals surface area (Å²) in [6, 6.07) is 16.2. The monoisotopic (exact) mass is 382 g/mol. The third kappa shape index (κ3) is 6.08. The zero-order chi connectivity index (χ0) is 19.8. The highest BCUT2D eigenvalue weighted by Crippen LogP contribution is 2.16. The second-order valence-corrected chi connectivity index (χ2v) is 7.25. The van der Waals surface area contributed by atoms with Gasteiger partial charge in [0.1, 0.15) is 5.75 Å². The maximum Gasteiger partial charge on any atom is 0.261 e. The normalized spacial score (nSPS) is 15.8. The van der Waals surface area contributed by atoms with Crippen molar-refractivity contribution < 1.29 is 14.3 Å². The van der Waals surface area contributed by atoms with Gasteiger partial charge in [0.2, 0.25) is 0 Å². The maximum absolute atomic E-state index is 12.5. The van der Waals surface area contributed by atoms with Crippen molar-refractivity contribution in [2.75, 3.05) is 26.3 Å². The minimum atomic E-state index is -0.484. The first-order valence-corrected chi connectivity index (χ1v) is 10.0. The van der Waals surface area contributed by atoms with Gasteiger partial charge in [-0.25, -0.2) is 0 Å². The second-order valence-electron chi connectivity index (χ2n) is 7.25. The number of carbonyl (C=O) groups is 1. The minimum absolute atomic E-state index is 0.0820. The van der Waals surface area contributed by atoms with Crippen LogP contribution in [0.4, 0.5) is 0 Å². The van der Waals surface area contributed by atoms with Crippen LogP contribution in [0, 0.1) is 6.92 Å². The number of ether oxygens (including phenoxy) is 2. The Morgan fingerprint density at radius 2 is 1.86 bits per heavy atom. The molecule has 2 aromatic rings. The highest BCUT2D eigenvalue weighted by atomic mass is 16.5. The van der Waals surface area contributed by atoms with Gasteiger partial charge in [0.25, 0.3) is 5.91 Å². The number of nitrogens with zero attached hydrogens (tertiary/aromatic N) is 1. The fraction of sp³-hybridized carbons (Fsp3) is 0.435.